The van der Waals surface area contributed by atoms with Crippen molar-refractivity contribution in [2.24, 2.45) is 0 Å². The molecule has 1 aliphatic rings. The van der Waals surface area contributed by atoms with E-state index in [0.717, 1.165) is 5.56 Å². The lowest BCUT2D eigenvalue weighted by Gasteiger charge is -2.26. The van der Waals surface area contributed by atoms with E-state index in [-0.39, 0.29) is 36.2 Å². The first-order valence-corrected chi connectivity index (χ1v) is 10.8. The number of carbonyl (C=O) groups excluding carboxylic acids is 3. The molecule has 0 fully saturated rings. The predicted molar refractivity (Wildman–Crippen MR) is 125 cm³/mol. The maximum atomic E-state index is 13.4. The highest BCUT2D eigenvalue weighted by Crippen LogP contribution is 2.27. The van der Waals surface area contributed by atoms with Gasteiger partial charge in [-0.3, -0.25) is 19.3 Å². The van der Waals surface area contributed by atoms with Crippen molar-refractivity contribution in [2.75, 3.05) is 18.0 Å². The number of rotatable bonds is 5. The van der Waals surface area contributed by atoms with E-state index in [1.54, 1.807) is 24.3 Å². The van der Waals surface area contributed by atoms with Crippen LogP contribution in [0, 0.1) is 5.82 Å². The summed E-state index contributed by atoms with van der Waals surface area (Å²) in [6.45, 7) is 6.46. The number of anilines is 1. The van der Waals surface area contributed by atoms with Gasteiger partial charge in [0.1, 0.15) is 5.82 Å². The minimum absolute atomic E-state index is 0.0420. The fourth-order valence-corrected chi connectivity index (χ4v) is 3.88. The third-order valence-electron chi connectivity index (χ3n) is 5.81. The molecule has 0 aromatic heterocycles. The van der Waals surface area contributed by atoms with E-state index < -0.39 is 5.82 Å². The lowest BCUT2D eigenvalue weighted by molar-refractivity contribution is 0.0654. The van der Waals surface area contributed by atoms with Crippen LogP contribution in [0.2, 0.25) is 0 Å². The van der Waals surface area contributed by atoms with Crippen LogP contribution >= 0.6 is 0 Å². The van der Waals surface area contributed by atoms with Gasteiger partial charge in [0.05, 0.1) is 11.1 Å². The molecule has 0 saturated carbocycles. The summed E-state index contributed by atoms with van der Waals surface area (Å²) in [5.41, 5.74) is 2.75. The summed E-state index contributed by atoms with van der Waals surface area (Å²) < 4.78 is 13.4. The Morgan fingerprint density at radius 2 is 1.39 bits per heavy atom. The summed E-state index contributed by atoms with van der Waals surface area (Å²) in [5.74, 6) is -1.51. The van der Waals surface area contributed by atoms with Crippen LogP contribution in [-0.4, -0.2) is 35.7 Å². The van der Waals surface area contributed by atoms with E-state index >= 15 is 0 Å². The fraction of sp³-hybridized carbons (Fsp3) is 0.222. The van der Waals surface area contributed by atoms with E-state index in [1.165, 1.54) is 34.1 Å². The standard InChI is InChI=1S/C27H25FN2O3/c1-27(2,3)19-10-14-21(15-11-19)29(24(31)18-8-12-20(28)13-9-18)16-17-30-25(32)22-6-4-5-7-23(22)26(30)33/h4-15H,16-17H2,1-3H3. The minimum atomic E-state index is -0.432. The second-order valence-corrected chi connectivity index (χ2v) is 9.07. The lowest BCUT2D eigenvalue weighted by Crippen LogP contribution is -2.41. The first-order chi connectivity index (χ1) is 15.7. The van der Waals surface area contributed by atoms with Gasteiger partial charge in [-0.05, 0) is 59.5 Å². The van der Waals surface area contributed by atoms with Crippen molar-refractivity contribution in [2.45, 2.75) is 26.2 Å². The zero-order valence-corrected chi connectivity index (χ0v) is 18.8. The van der Waals surface area contributed by atoms with Crippen LogP contribution in [0.5, 0.6) is 0 Å². The van der Waals surface area contributed by atoms with E-state index in [9.17, 15) is 18.8 Å². The molecule has 1 aliphatic heterocycles. The molecule has 6 heteroatoms. The second kappa shape index (κ2) is 8.62. The normalized spacial score (nSPS) is 13.3. The molecule has 0 bridgehead atoms. The van der Waals surface area contributed by atoms with Crippen LogP contribution in [0.4, 0.5) is 10.1 Å². The third kappa shape index (κ3) is 4.42. The first kappa shape index (κ1) is 22.4. The molecular formula is C27H25FN2O3. The molecule has 0 aliphatic carbocycles. The zero-order valence-electron chi connectivity index (χ0n) is 18.8. The largest absolute Gasteiger partial charge is 0.307 e. The number of carbonyl (C=O) groups is 3. The summed E-state index contributed by atoms with van der Waals surface area (Å²) in [6.07, 6.45) is 0. The number of fused-ring (bicyclic) bond motifs is 1. The average molecular weight is 445 g/mol. The molecule has 1 heterocycles. The van der Waals surface area contributed by atoms with Crippen molar-refractivity contribution in [3.63, 3.8) is 0 Å². The topological polar surface area (TPSA) is 57.7 Å². The minimum Gasteiger partial charge on any atom is -0.307 e. The number of amides is 3. The molecule has 4 rings (SSSR count). The Morgan fingerprint density at radius 3 is 1.91 bits per heavy atom. The molecule has 0 saturated heterocycles. The molecule has 0 spiro atoms. The Morgan fingerprint density at radius 1 is 0.848 bits per heavy atom. The van der Waals surface area contributed by atoms with Gasteiger partial charge in [0, 0.05) is 24.3 Å². The van der Waals surface area contributed by atoms with Gasteiger partial charge in [-0.1, -0.05) is 45.0 Å². The number of imide groups is 1. The maximum Gasteiger partial charge on any atom is 0.261 e. The highest BCUT2D eigenvalue weighted by atomic mass is 19.1. The van der Waals surface area contributed by atoms with Crippen molar-refractivity contribution in [1.82, 2.24) is 4.90 Å². The molecule has 33 heavy (non-hydrogen) atoms. The number of nitrogens with zero attached hydrogens (tertiary/aromatic N) is 2. The van der Waals surface area contributed by atoms with Gasteiger partial charge in [-0.2, -0.15) is 0 Å². The molecule has 3 aromatic carbocycles. The van der Waals surface area contributed by atoms with E-state index in [0.29, 0.717) is 22.4 Å². The van der Waals surface area contributed by atoms with Gasteiger partial charge in [-0.25, -0.2) is 4.39 Å². The van der Waals surface area contributed by atoms with Crippen molar-refractivity contribution in [3.05, 3.63) is 101 Å². The van der Waals surface area contributed by atoms with Crippen LogP contribution in [0.1, 0.15) is 57.4 Å². The molecular weight excluding hydrogens is 419 g/mol. The summed E-state index contributed by atoms with van der Waals surface area (Å²) in [5, 5.41) is 0. The smallest absolute Gasteiger partial charge is 0.261 e. The van der Waals surface area contributed by atoms with E-state index in [2.05, 4.69) is 20.8 Å². The molecule has 3 amide bonds. The summed E-state index contributed by atoms with van der Waals surface area (Å²) in [6, 6.07) is 19.6. The Bertz CT molecular complexity index is 1180. The quantitative estimate of drug-likeness (QED) is 0.517. The Balaban J connectivity index is 1.62. The van der Waals surface area contributed by atoms with Gasteiger partial charge in [0.25, 0.3) is 17.7 Å². The summed E-state index contributed by atoms with van der Waals surface area (Å²) in [7, 11) is 0. The SMILES string of the molecule is CC(C)(C)c1ccc(N(CCN2C(=O)c3ccccc3C2=O)C(=O)c2ccc(F)cc2)cc1. The van der Waals surface area contributed by atoms with Crippen molar-refractivity contribution in [3.8, 4) is 0 Å². The van der Waals surface area contributed by atoms with Gasteiger partial charge < -0.3 is 4.90 Å². The van der Waals surface area contributed by atoms with Gasteiger partial charge in [0.2, 0.25) is 0 Å². The van der Waals surface area contributed by atoms with Crippen LogP contribution < -0.4 is 4.90 Å². The molecule has 168 valence electrons. The van der Waals surface area contributed by atoms with E-state index in [1.807, 2.05) is 24.3 Å². The Labute approximate surface area is 192 Å². The average Bonchev–Trinajstić information content (AvgIpc) is 3.04. The highest BCUT2D eigenvalue weighted by molar-refractivity contribution is 6.21. The van der Waals surface area contributed by atoms with Crippen LogP contribution in [0.15, 0.2) is 72.8 Å². The molecule has 0 N–H and O–H groups in total. The monoisotopic (exact) mass is 444 g/mol. The fourth-order valence-electron chi connectivity index (χ4n) is 3.88. The van der Waals surface area contributed by atoms with E-state index in [4.69, 9.17) is 0 Å². The third-order valence-corrected chi connectivity index (χ3v) is 5.81. The van der Waals surface area contributed by atoms with Crippen LogP contribution in [-0.2, 0) is 5.41 Å². The molecule has 0 radical (unpaired) electrons. The maximum absolute atomic E-state index is 13.4. The van der Waals surface area contributed by atoms with Crippen molar-refractivity contribution in [1.29, 1.82) is 0 Å². The number of benzene rings is 3. The molecule has 0 unspecified atom stereocenters. The Hall–Kier alpha value is -3.80. The van der Waals surface area contributed by atoms with Gasteiger partial charge in [0.15, 0.2) is 0 Å². The lowest BCUT2D eigenvalue weighted by atomic mass is 9.87. The predicted octanol–water partition coefficient (Wildman–Crippen LogP) is 5.07. The number of hydrogen-bond acceptors (Lipinski definition) is 3. The highest BCUT2D eigenvalue weighted by Gasteiger charge is 2.35. The second-order valence-electron chi connectivity index (χ2n) is 9.07. The first-order valence-electron chi connectivity index (χ1n) is 10.8. The van der Waals surface area contributed by atoms with Crippen LogP contribution in [0.3, 0.4) is 0 Å². The van der Waals surface area contributed by atoms with Crippen LogP contribution in [0.25, 0.3) is 0 Å². The molecule has 0 atom stereocenters. The van der Waals surface area contributed by atoms with Gasteiger partial charge >= 0.3 is 0 Å². The zero-order chi connectivity index (χ0) is 23.8. The summed E-state index contributed by atoms with van der Waals surface area (Å²) in [4.78, 5) is 41.5. The van der Waals surface area contributed by atoms with Crippen molar-refractivity contribution >= 4 is 23.4 Å². The van der Waals surface area contributed by atoms with Crippen molar-refractivity contribution < 1.29 is 18.8 Å². The Kier molecular flexibility index (Phi) is 5.85. The van der Waals surface area contributed by atoms with Gasteiger partial charge in [-0.15, -0.1) is 0 Å². The summed E-state index contributed by atoms with van der Waals surface area (Å²) >= 11 is 0. The molecule has 3 aromatic rings. The molecule has 5 nitrogen and oxygen atoms in total. The number of hydrogen-bond donors (Lipinski definition) is 0. The number of halogens is 1.